The molecule has 0 rings (SSSR count). The summed E-state index contributed by atoms with van der Waals surface area (Å²) in [5, 5.41) is 0. The summed E-state index contributed by atoms with van der Waals surface area (Å²) in [6.07, 6.45) is 0. The summed E-state index contributed by atoms with van der Waals surface area (Å²) < 4.78 is 16.4. The van der Waals surface area contributed by atoms with Gasteiger partial charge in [-0.05, 0) is 0 Å². The number of hydrogen-bond acceptors (Lipinski definition) is 2. The maximum absolute atomic E-state index is 8.26. The van der Waals surface area contributed by atoms with Gasteiger partial charge >= 0.3 is 32.3 Å². The Morgan fingerprint density at radius 2 is 0.778 bits per heavy atom. The molecule has 0 N–H and O–H groups in total. The predicted molar refractivity (Wildman–Crippen MR) is 13.8 cm³/mol. The van der Waals surface area contributed by atoms with Crippen LogP contribution in [0, 0.1) is 0 Å². The minimum absolute atomic E-state index is 0. The summed E-state index contributed by atoms with van der Waals surface area (Å²) in [7, 11) is 1.17. The van der Waals surface area contributed by atoms with E-state index in [1.165, 1.54) is 9.12 Å². The quantitative estimate of drug-likeness (QED) is 0.437. The van der Waals surface area contributed by atoms with Crippen LogP contribution in [0.15, 0.2) is 0 Å². The summed E-state index contributed by atoms with van der Waals surface area (Å²) in [5.41, 5.74) is 0. The molecule has 0 spiro atoms. The Balaban J connectivity index is -0.00000000114. The monoisotopic (exact) mass is 278 g/mol. The van der Waals surface area contributed by atoms with Gasteiger partial charge in [-0.25, -0.2) is 0 Å². The van der Waals surface area contributed by atoms with Crippen LogP contribution in [-0.2, 0) is 68.2 Å². The maximum Gasteiger partial charge on any atom is 0 e. The van der Waals surface area contributed by atoms with E-state index in [0.29, 0.717) is 19.8 Å². The van der Waals surface area contributed by atoms with Crippen molar-refractivity contribution in [3.05, 3.63) is 0 Å². The van der Waals surface area contributed by atoms with Gasteiger partial charge < -0.3 is 21.9 Å². The Morgan fingerprint density at radius 3 is 0.778 bits per heavy atom. The van der Waals surface area contributed by atoms with Crippen molar-refractivity contribution in [2.24, 2.45) is 0 Å². The summed E-state index contributed by atoms with van der Waals surface area (Å²) in [5.74, 6) is 0. The van der Waals surface area contributed by atoms with Crippen molar-refractivity contribution in [3.63, 3.8) is 0 Å². The molecule has 0 aliphatic rings. The molecule has 6 nitrogen and oxygen atoms in total. The summed E-state index contributed by atoms with van der Waals surface area (Å²) in [4.78, 5) is 0. The predicted octanol–water partition coefficient (Wildman–Crippen LogP) is -0.392. The molecule has 1 radical (unpaired) electrons. The molecule has 0 saturated carbocycles. The molecule has 0 bridgehead atoms. The van der Waals surface area contributed by atoms with Gasteiger partial charge in [0.2, 0.25) is 0 Å². The molecule has 0 aliphatic heterocycles. The topological polar surface area (TPSA) is 148 Å². The molecular formula is H2MoO6PV-7. The maximum atomic E-state index is 8.26. The molecule has 1 atom stereocenters. The fourth-order valence-corrected chi connectivity index (χ4v) is 0. The van der Waals surface area contributed by atoms with Crippen LogP contribution in [-0.4, -0.2) is 0 Å². The number of rotatable bonds is 0. The molecule has 1 unspecified atom stereocenters. The van der Waals surface area contributed by atoms with Gasteiger partial charge in [0, 0.05) is 18.6 Å². The van der Waals surface area contributed by atoms with Crippen LogP contribution in [0.3, 0.4) is 0 Å². The third-order valence-corrected chi connectivity index (χ3v) is 0. The Hall–Kier alpha value is 1.01. The smallest absolute Gasteiger partial charge is 0 e. The second-order valence-electron chi connectivity index (χ2n) is 0. The van der Waals surface area contributed by atoms with E-state index in [-0.39, 0.29) is 40.5 Å². The van der Waals surface area contributed by atoms with Gasteiger partial charge in [-0.2, -0.15) is 0 Å². The van der Waals surface area contributed by atoms with Gasteiger partial charge in [0.05, 0.1) is 0 Å². The van der Waals surface area contributed by atoms with Crippen LogP contribution in [0.4, 0.5) is 0 Å². The minimum atomic E-state index is 0. The molecule has 9 heteroatoms. The Labute approximate surface area is 77.3 Å². The minimum Gasteiger partial charge on any atom is 0 e. The first-order chi connectivity index (χ1) is 2.00. The SMILES string of the molecule is O=[PH2+].[O-2].[O-2].[O-2].[O-2].[O]=[Mo].[V]. The second kappa shape index (κ2) is 564. The molecule has 0 heterocycles. The van der Waals surface area contributed by atoms with Crippen molar-refractivity contribution < 1.29 is 68.2 Å². The molecule has 0 saturated heterocycles. The first-order valence-corrected chi connectivity index (χ1v) is 1.69. The zero-order valence-electron chi connectivity index (χ0n) is 3.88. The van der Waals surface area contributed by atoms with Crippen LogP contribution in [0.1, 0.15) is 0 Å². The molecule has 9 heavy (non-hydrogen) atoms. The standard InChI is InChI=1S/Mo.H2OP.5O.V/c;1-2;;;;;;/h;2H2;;;;;;/q;+1;;4*-2;. The second-order valence-corrected chi connectivity index (χ2v) is 0. The third-order valence-electron chi connectivity index (χ3n) is 0. The van der Waals surface area contributed by atoms with Crippen molar-refractivity contribution in [1.82, 2.24) is 0 Å². The van der Waals surface area contributed by atoms with Crippen molar-refractivity contribution in [1.29, 1.82) is 0 Å². The summed E-state index contributed by atoms with van der Waals surface area (Å²) >= 11 is 0.700. The van der Waals surface area contributed by atoms with Crippen molar-refractivity contribution >= 4 is 9.12 Å². The van der Waals surface area contributed by atoms with E-state index in [1.807, 2.05) is 0 Å². The van der Waals surface area contributed by atoms with Crippen LogP contribution in [0.2, 0.25) is 0 Å². The summed E-state index contributed by atoms with van der Waals surface area (Å²) in [6.45, 7) is 0. The molecular weight excluding hydrogens is 274 g/mol. The van der Waals surface area contributed by atoms with Crippen molar-refractivity contribution in [2.45, 2.75) is 0 Å². The van der Waals surface area contributed by atoms with Gasteiger partial charge in [0.15, 0.2) is 0 Å². The van der Waals surface area contributed by atoms with E-state index in [1.54, 1.807) is 0 Å². The van der Waals surface area contributed by atoms with Crippen molar-refractivity contribution in [3.8, 4) is 0 Å². The first kappa shape index (κ1) is 89.6. The largest absolute Gasteiger partial charge is 0 e. The van der Waals surface area contributed by atoms with Gasteiger partial charge in [0.1, 0.15) is 0 Å². The van der Waals surface area contributed by atoms with Gasteiger partial charge in [-0.1, -0.05) is 4.57 Å². The fourth-order valence-electron chi connectivity index (χ4n) is 0. The van der Waals surface area contributed by atoms with Crippen LogP contribution in [0.5, 0.6) is 0 Å². The molecule has 0 fully saturated rings. The summed E-state index contributed by atoms with van der Waals surface area (Å²) in [6, 6.07) is 0. The molecule has 0 aromatic heterocycles. The average molecular weight is 276 g/mol. The van der Waals surface area contributed by atoms with Crippen LogP contribution >= 0.6 is 9.12 Å². The van der Waals surface area contributed by atoms with Gasteiger partial charge in [0.25, 0.3) is 0 Å². The first-order valence-electron chi connectivity index (χ1n) is 0.402. The van der Waals surface area contributed by atoms with E-state index in [0.717, 1.165) is 0 Å². The molecule has 0 aromatic rings. The molecule has 0 aliphatic carbocycles. The van der Waals surface area contributed by atoms with Gasteiger partial charge in [-0.3, -0.25) is 0 Å². The zero-order chi connectivity index (χ0) is 4.00. The number of hydrogen-bond donors (Lipinski definition) is 0. The van der Waals surface area contributed by atoms with E-state index >= 15 is 0 Å². The normalized spacial score (nSPS) is 0.889. The third kappa shape index (κ3) is 432. The van der Waals surface area contributed by atoms with E-state index in [2.05, 4.69) is 0 Å². The van der Waals surface area contributed by atoms with E-state index in [4.69, 9.17) is 7.96 Å². The average Bonchev–Trinajstić information content (AvgIpc) is 1.50. The Bertz CT molecular complexity index is 15.0. The molecule has 0 amide bonds. The van der Waals surface area contributed by atoms with Crippen LogP contribution in [0.25, 0.3) is 0 Å². The molecule has 61 valence electrons. The fraction of sp³-hybridized carbons (Fsp3) is 0. The van der Waals surface area contributed by atoms with Crippen LogP contribution < -0.4 is 0 Å². The van der Waals surface area contributed by atoms with Crippen molar-refractivity contribution in [2.75, 3.05) is 0 Å². The van der Waals surface area contributed by atoms with Gasteiger partial charge in [-0.15, -0.1) is 0 Å². The Kier molecular flexibility index (Phi) is 5620. The molecule has 0 aromatic carbocycles. The van der Waals surface area contributed by atoms with E-state index in [9.17, 15) is 0 Å². The Morgan fingerprint density at radius 1 is 0.778 bits per heavy atom. The zero-order valence-corrected chi connectivity index (χ0v) is 8.44. The van der Waals surface area contributed by atoms with E-state index < -0.39 is 0 Å².